The zero-order valence-corrected chi connectivity index (χ0v) is 10.9. The van der Waals surface area contributed by atoms with E-state index < -0.39 is 0 Å². The lowest BCUT2D eigenvalue weighted by Crippen LogP contribution is -2.04. The van der Waals surface area contributed by atoms with E-state index in [-0.39, 0.29) is 0 Å². The monoisotopic (exact) mass is 243 g/mol. The number of nitrogens with one attached hydrogen (secondary N) is 1. The Morgan fingerprint density at radius 2 is 2.11 bits per heavy atom. The third kappa shape index (κ3) is 2.77. The number of aryl methyl sites for hydroxylation is 2. The second kappa shape index (κ2) is 5.49. The molecule has 2 rings (SSSR count). The van der Waals surface area contributed by atoms with Crippen molar-refractivity contribution in [2.24, 2.45) is 0 Å². The van der Waals surface area contributed by atoms with Crippen LogP contribution < -0.4 is 10.1 Å². The van der Waals surface area contributed by atoms with Crippen LogP contribution in [0.3, 0.4) is 0 Å². The van der Waals surface area contributed by atoms with Gasteiger partial charge in [-0.2, -0.15) is 0 Å². The van der Waals surface area contributed by atoms with Crippen LogP contribution in [0.4, 0.5) is 5.69 Å². The molecule has 0 saturated carbocycles. The van der Waals surface area contributed by atoms with Crippen LogP contribution in [0.25, 0.3) is 0 Å². The first kappa shape index (κ1) is 12.4. The van der Waals surface area contributed by atoms with E-state index in [0.717, 1.165) is 23.7 Å². The number of rotatable bonds is 4. The predicted octanol–water partition coefficient (Wildman–Crippen LogP) is 2.71. The second-order valence-corrected chi connectivity index (χ2v) is 4.18. The molecule has 0 radical (unpaired) electrons. The van der Waals surface area contributed by atoms with Gasteiger partial charge in [0.25, 0.3) is 0 Å². The fraction of sp³-hybridized carbons (Fsp3) is 0.286. The molecule has 0 saturated heterocycles. The summed E-state index contributed by atoms with van der Waals surface area (Å²) in [4.78, 5) is 8.34. The maximum atomic E-state index is 5.28. The van der Waals surface area contributed by atoms with Crippen molar-refractivity contribution in [1.82, 2.24) is 9.97 Å². The molecule has 4 nitrogen and oxygen atoms in total. The Balaban J connectivity index is 2.15. The van der Waals surface area contributed by atoms with Crippen LogP contribution in [0.15, 0.2) is 30.7 Å². The van der Waals surface area contributed by atoms with Crippen molar-refractivity contribution in [3.8, 4) is 5.75 Å². The highest BCUT2D eigenvalue weighted by molar-refractivity contribution is 5.56. The third-order valence-electron chi connectivity index (χ3n) is 2.84. The van der Waals surface area contributed by atoms with Crippen molar-refractivity contribution in [1.29, 1.82) is 0 Å². The zero-order valence-electron chi connectivity index (χ0n) is 10.9. The maximum absolute atomic E-state index is 5.28. The van der Waals surface area contributed by atoms with Gasteiger partial charge in [-0.05, 0) is 37.1 Å². The molecule has 2 aromatic rings. The standard InChI is InChI=1S/C14H17N3O/c1-10-4-5-15-7-12(10)8-17-13-6-11(2)16-9-14(13)18-3/h4-7,9H,8H2,1-3H3,(H,16,17). The maximum Gasteiger partial charge on any atom is 0.160 e. The van der Waals surface area contributed by atoms with E-state index in [9.17, 15) is 0 Å². The molecule has 0 aromatic carbocycles. The Labute approximate surface area is 107 Å². The molecule has 0 amide bonds. The number of anilines is 1. The first-order valence-corrected chi connectivity index (χ1v) is 5.84. The van der Waals surface area contributed by atoms with Gasteiger partial charge in [0, 0.05) is 24.6 Å². The van der Waals surface area contributed by atoms with Crippen molar-refractivity contribution < 1.29 is 4.74 Å². The van der Waals surface area contributed by atoms with Gasteiger partial charge in [0.15, 0.2) is 5.75 Å². The van der Waals surface area contributed by atoms with Gasteiger partial charge in [0.1, 0.15) is 0 Å². The largest absolute Gasteiger partial charge is 0.493 e. The molecule has 0 unspecified atom stereocenters. The summed E-state index contributed by atoms with van der Waals surface area (Å²) in [5, 5.41) is 3.36. The molecule has 0 aliphatic carbocycles. The summed E-state index contributed by atoms with van der Waals surface area (Å²) < 4.78 is 5.28. The third-order valence-corrected chi connectivity index (χ3v) is 2.84. The van der Waals surface area contributed by atoms with Crippen molar-refractivity contribution in [2.75, 3.05) is 12.4 Å². The Kier molecular flexibility index (Phi) is 3.77. The van der Waals surface area contributed by atoms with Gasteiger partial charge in [0.2, 0.25) is 0 Å². The molecule has 0 bridgehead atoms. The second-order valence-electron chi connectivity index (χ2n) is 4.18. The molecule has 4 heteroatoms. The zero-order chi connectivity index (χ0) is 13.0. The molecule has 0 aliphatic heterocycles. The first-order chi connectivity index (χ1) is 8.70. The number of nitrogens with zero attached hydrogens (tertiary/aromatic N) is 2. The first-order valence-electron chi connectivity index (χ1n) is 5.84. The van der Waals surface area contributed by atoms with Crippen LogP contribution in [0.1, 0.15) is 16.8 Å². The van der Waals surface area contributed by atoms with Gasteiger partial charge in [-0.1, -0.05) is 0 Å². The average molecular weight is 243 g/mol. The van der Waals surface area contributed by atoms with Crippen molar-refractivity contribution in [3.63, 3.8) is 0 Å². The number of methoxy groups -OCH3 is 1. The van der Waals surface area contributed by atoms with E-state index in [4.69, 9.17) is 4.74 Å². The summed E-state index contributed by atoms with van der Waals surface area (Å²) in [5.74, 6) is 0.752. The van der Waals surface area contributed by atoms with Crippen LogP contribution >= 0.6 is 0 Å². The fourth-order valence-electron chi connectivity index (χ4n) is 1.72. The minimum atomic E-state index is 0.722. The minimum Gasteiger partial charge on any atom is -0.493 e. The number of ether oxygens (including phenoxy) is 1. The number of aromatic nitrogens is 2. The van der Waals surface area contributed by atoms with Crippen LogP contribution in [0.5, 0.6) is 5.75 Å². The van der Waals surface area contributed by atoms with E-state index in [1.807, 2.05) is 25.3 Å². The molecule has 0 atom stereocenters. The minimum absolute atomic E-state index is 0.722. The highest BCUT2D eigenvalue weighted by Gasteiger charge is 2.04. The summed E-state index contributed by atoms with van der Waals surface area (Å²) in [5.41, 5.74) is 4.31. The number of hydrogen-bond acceptors (Lipinski definition) is 4. The highest BCUT2D eigenvalue weighted by Crippen LogP contribution is 2.24. The molecule has 2 heterocycles. The van der Waals surface area contributed by atoms with Gasteiger partial charge in [-0.15, -0.1) is 0 Å². The summed E-state index contributed by atoms with van der Waals surface area (Å²) in [6, 6.07) is 3.98. The Bertz CT molecular complexity index is 540. The summed E-state index contributed by atoms with van der Waals surface area (Å²) in [6.07, 6.45) is 5.41. The molecule has 0 spiro atoms. The van der Waals surface area contributed by atoms with Gasteiger partial charge in [-0.3, -0.25) is 9.97 Å². The fourth-order valence-corrected chi connectivity index (χ4v) is 1.72. The summed E-state index contributed by atoms with van der Waals surface area (Å²) in [6.45, 7) is 4.76. The lowest BCUT2D eigenvalue weighted by molar-refractivity contribution is 0.414. The SMILES string of the molecule is COc1cnc(C)cc1NCc1cnccc1C. The van der Waals surface area contributed by atoms with Gasteiger partial charge in [-0.25, -0.2) is 0 Å². The van der Waals surface area contributed by atoms with Gasteiger partial charge in [0.05, 0.1) is 19.0 Å². The molecule has 0 fully saturated rings. The average Bonchev–Trinajstić information content (AvgIpc) is 2.38. The van der Waals surface area contributed by atoms with Crippen molar-refractivity contribution in [2.45, 2.75) is 20.4 Å². The summed E-state index contributed by atoms with van der Waals surface area (Å²) >= 11 is 0. The normalized spacial score (nSPS) is 10.2. The van der Waals surface area contributed by atoms with E-state index in [1.54, 1.807) is 19.5 Å². The molecular weight excluding hydrogens is 226 g/mol. The van der Waals surface area contributed by atoms with E-state index in [1.165, 1.54) is 11.1 Å². The van der Waals surface area contributed by atoms with Crippen LogP contribution in [-0.2, 0) is 6.54 Å². The topological polar surface area (TPSA) is 47.0 Å². The lowest BCUT2D eigenvalue weighted by Gasteiger charge is -2.12. The smallest absolute Gasteiger partial charge is 0.160 e. The van der Waals surface area contributed by atoms with Gasteiger partial charge >= 0.3 is 0 Å². The molecular formula is C14H17N3O. The predicted molar refractivity (Wildman–Crippen MR) is 71.8 cm³/mol. The summed E-state index contributed by atoms with van der Waals surface area (Å²) in [7, 11) is 1.65. The lowest BCUT2D eigenvalue weighted by atomic mass is 10.1. The Hall–Kier alpha value is -2.10. The van der Waals surface area contributed by atoms with E-state index in [2.05, 4.69) is 22.2 Å². The van der Waals surface area contributed by atoms with E-state index in [0.29, 0.717) is 0 Å². The molecule has 18 heavy (non-hydrogen) atoms. The van der Waals surface area contributed by atoms with Crippen molar-refractivity contribution >= 4 is 5.69 Å². The highest BCUT2D eigenvalue weighted by atomic mass is 16.5. The molecule has 2 aromatic heterocycles. The molecule has 94 valence electrons. The Morgan fingerprint density at radius 1 is 1.28 bits per heavy atom. The van der Waals surface area contributed by atoms with Crippen molar-refractivity contribution in [3.05, 3.63) is 47.5 Å². The van der Waals surface area contributed by atoms with E-state index >= 15 is 0 Å². The van der Waals surface area contributed by atoms with Crippen LogP contribution in [-0.4, -0.2) is 17.1 Å². The Morgan fingerprint density at radius 3 is 2.83 bits per heavy atom. The van der Waals surface area contributed by atoms with Gasteiger partial charge < -0.3 is 10.1 Å². The number of hydrogen-bond donors (Lipinski definition) is 1. The quantitative estimate of drug-likeness (QED) is 0.897. The van der Waals surface area contributed by atoms with Crippen LogP contribution in [0, 0.1) is 13.8 Å². The number of pyridine rings is 2. The van der Waals surface area contributed by atoms with Crippen LogP contribution in [0.2, 0.25) is 0 Å². The molecule has 1 N–H and O–H groups in total. The molecule has 0 aliphatic rings.